The molecule has 1 rings (SSSR count). The molecule has 0 bridgehead atoms. The molecule has 0 aliphatic carbocycles. The Kier molecular flexibility index (Phi) is 9.88. The van der Waals surface area contributed by atoms with E-state index >= 15 is 0 Å². The summed E-state index contributed by atoms with van der Waals surface area (Å²) in [6.45, 7) is 9.90. The molecule has 6 heteroatoms. The predicted octanol–water partition coefficient (Wildman–Crippen LogP) is -0.802. The average molecular weight is 339 g/mol. The Hall–Kier alpha value is -1.79. The maximum absolute atomic E-state index is 11.9. The second kappa shape index (κ2) is 11.7. The van der Waals surface area contributed by atoms with Crippen molar-refractivity contribution in [3.8, 4) is 11.5 Å². The number of hydrogen-bond donors (Lipinski definition) is 3. The van der Waals surface area contributed by atoms with Crippen LogP contribution in [0.3, 0.4) is 0 Å². The molecule has 1 amide bonds. The molecule has 4 N–H and O–H groups in total. The number of carbonyl (C=O) groups is 1. The molecule has 6 nitrogen and oxygen atoms in total. The van der Waals surface area contributed by atoms with Gasteiger partial charge in [-0.2, -0.15) is 0 Å². The van der Waals surface area contributed by atoms with E-state index in [0.29, 0.717) is 24.6 Å². The van der Waals surface area contributed by atoms with Crippen molar-refractivity contribution in [2.45, 2.75) is 26.8 Å². The predicted molar refractivity (Wildman–Crippen MR) is 94.6 cm³/mol. The quantitative estimate of drug-likeness (QED) is 0.437. The first-order valence-electron chi connectivity index (χ1n) is 8.77. The van der Waals surface area contributed by atoms with Gasteiger partial charge in [0.25, 0.3) is 5.91 Å². The van der Waals surface area contributed by atoms with Crippen LogP contribution in [0.2, 0.25) is 0 Å². The summed E-state index contributed by atoms with van der Waals surface area (Å²) in [4.78, 5) is 13.5. The summed E-state index contributed by atoms with van der Waals surface area (Å²) in [6.07, 6.45) is 1.14. The van der Waals surface area contributed by atoms with Crippen molar-refractivity contribution in [3.63, 3.8) is 0 Å². The molecule has 0 saturated carbocycles. The highest BCUT2D eigenvalue weighted by Gasteiger charge is 2.08. The van der Waals surface area contributed by atoms with E-state index in [1.165, 1.54) is 19.6 Å². The number of carbonyl (C=O) groups excluding carboxylic acids is 1. The smallest absolute Gasteiger partial charge is 0.275 e. The standard InChI is InChI=1S/C18H31N3O3/c1-5-21(6-2)11-7-10-19-14-18(22)20-13-15-8-9-16(23-3)17(12-15)24-4/h8-9,12,19H,5-7,10-11,13-14H2,1-4H3,(H,20,22)/p+2. The maximum Gasteiger partial charge on any atom is 0.275 e. The van der Waals surface area contributed by atoms with Gasteiger partial charge in [-0.05, 0) is 31.5 Å². The highest BCUT2D eigenvalue weighted by Crippen LogP contribution is 2.27. The zero-order chi connectivity index (χ0) is 17.8. The molecule has 0 aliphatic heterocycles. The third-order valence-corrected chi connectivity index (χ3v) is 4.21. The first-order chi connectivity index (χ1) is 11.6. The molecule has 0 spiro atoms. The Bertz CT molecular complexity index is 490. The fraction of sp³-hybridized carbons (Fsp3) is 0.611. The molecule has 0 atom stereocenters. The summed E-state index contributed by atoms with van der Waals surface area (Å²) in [7, 11) is 3.21. The third-order valence-electron chi connectivity index (χ3n) is 4.21. The SMILES string of the molecule is CC[NH+](CC)CCC[NH2+]CC(=O)NCc1ccc(OC)c(OC)c1. The summed E-state index contributed by atoms with van der Waals surface area (Å²) >= 11 is 0. The van der Waals surface area contributed by atoms with Crippen LogP contribution in [0.15, 0.2) is 18.2 Å². The van der Waals surface area contributed by atoms with Crippen molar-refractivity contribution >= 4 is 5.91 Å². The highest BCUT2D eigenvalue weighted by molar-refractivity contribution is 5.76. The number of hydrogen-bond acceptors (Lipinski definition) is 3. The van der Waals surface area contributed by atoms with E-state index in [1.807, 2.05) is 18.2 Å². The normalized spacial score (nSPS) is 10.7. The molecule has 136 valence electrons. The third kappa shape index (κ3) is 7.19. The summed E-state index contributed by atoms with van der Waals surface area (Å²) in [5.74, 6) is 1.42. The minimum absolute atomic E-state index is 0.0555. The second-order valence-electron chi connectivity index (χ2n) is 5.81. The van der Waals surface area contributed by atoms with Gasteiger partial charge in [-0.25, -0.2) is 0 Å². The lowest BCUT2D eigenvalue weighted by Crippen LogP contribution is -3.11. The Morgan fingerprint density at radius 2 is 1.88 bits per heavy atom. The average Bonchev–Trinajstić information content (AvgIpc) is 2.62. The van der Waals surface area contributed by atoms with Crippen molar-refractivity contribution in [1.29, 1.82) is 0 Å². The van der Waals surface area contributed by atoms with Gasteiger partial charge in [-0.15, -0.1) is 0 Å². The number of rotatable bonds is 12. The van der Waals surface area contributed by atoms with Gasteiger partial charge in [0.05, 0.1) is 40.4 Å². The minimum Gasteiger partial charge on any atom is -0.493 e. The van der Waals surface area contributed by atoms with E-state index < -0.39 is 0 Å². The Balaban J connectivity index is 2.24. The number of nitrogens with two attached hydrogens (primary N) is 1. The van der Waals surface area contributed by atoms with Crippen LogP contribution in [0.1, 0.15) is 25.8 Å². The summed E-state index contributed by atoms with van der Waals surface area (Å²) < 4.78 is 10.5. The van der Waals surface area contributed by atoms with Gasteiger partial charge < -0.3 is 25.0 Å². The van der Waals surface area contributed by atoms with E-state index in [9.17, 15) is 4.79 Å². The largest absolute Gasteiger partial charge is 0.493 e. The van der Waals surface area contributed by atoms with Crippen molar-refractivity contribution in [2.24, 2.45) is 0 Å². The molecule has 0 saturated heterocycles. The molecule has 1 aromatic rings. The van der Waals surface area contributed by atoms with Crippen LogP contribution in [0.4, 0.5) is 0 Å². The molecule has 0 fully saturated rings. The summed E-state index contributed by atoms with van der Waals surface area (Å²) in [6, 6.07) is 5.66. The van der Waals surface area contributed by atoms with Crippen LogP contribution in [-0.2, 0) is 11.3 Å². The monoisotopic (exact) mass is 339 g/mol. The van der Waals surface area contributed by atoms with Crippen LogP contribution in [0.5, 0.6) is 11.5 Å². The number of methoxy groups -OCH3 is 2. The molecule has 0 aliphatic rings. The van der Waals surface area contributed by atoms with Crippen LogP contribution < -0.4 is 25.0 Å². The Morgan fingerprint density at radius 3 is 2.50 bits per heavy atom. The molecular formula is C18H33N3O3+2. The first-order valence-corrected chi connectivity index (χ1v) is 8.77. The lowest BCUT2D eigenvalue weighted by Gasteiger charge is -2.14. The van der Waals surface area contributed by atoms with Gasteiger partial charge >= 0.3 is 0 Å². The fourth-order valence-electron chi connectivity index (χ4n) is 2.60. The number of benzene rings is 1. The van der Waals surface area contributed by atoms with Crippen LogP contribution in [-0.4, -0.2) is 52.9 Å². The fourth-order valence-corrected chi connectivity index (χ4v) is 2.60. The van der Waals surface area contributed by atoms with Crippen LogP contribution in [0, 0.1) is 0 Å². The lowest BCUT2D eigenvalue weighted by atomic mass is 10.2. The molecule has 24 heavy (non-hydrogen) atoms. The lowest BCUT2D eigenvalue weighted by molar-refractivity contribution is -0.898. The van der Waals surface area contributed by atoms with Gasteiger partial charge in [-0.1, -0.05) is 6.07 Å². The topological polar surface area (TPSA) is 68.6 Å². The van der Waals surface area contributed by atoms with Gasteiger partial charge in [-0.3, -0.25) is 4.79 Å². The molecule has 0 unspecified atom stereocenters. The zero-order valence-corrected chi connectivity index (χ0v) is 15.5. The Labute approximate surface area is 145 Å². The van der Waals surface area contributed by atoms with Gasteiger partial charge in [0.15, 0.2) is 18.0 Å². The zero-order valence-electron chi connectivity index (χ0n) is 15.5. The summed E-state index contributed by atoms with van der Waals surface area (Å²) in [5.41, 5.74) is 0.992. The molecule has 0 radical (unpaired) electrons. The Morgan fingerprint density at radius 1 is 1.17 bits per heavy atom. The van der Waals surface area contributed by atoms with E-state index in [1.54, 1.807) is 19.1 Å². The minimum atomic E-state index is 0.0555. The number of nitrogens with one attached hydrogen (secondary N) is 2. The second-order valence-corrected chi connectivity index (χ2v) is 5.81. The number of amides is 1. The summed E-state index contributed by atoms with van der Waals surface area (Å²) in [5, 5.41) is 5.01. The molecule has 1 aromatic carbocycles. The van der Waals surface area contributed by atoms with E-state index in [-0.39, 0.29) is 5.91 Å². The maximum atomic E-state index is 11.9. The highest BCUT2D eigenvalue weighted by atomic mass is 16.5. The van der Waals surface area contributed by atoms with Gasteiger partial charge in [0, 0.05) is 13.0 Å². The van der Waals surface area contributed by atoms with Crippen molar-refractivity contribution < 1.29 is 24.5 Å². The van der Waals surface area contributed by atoms with Crippen LogP contribution >= 0.6 is 0 Å². The van der Waals surface area contributed by atoms with Crippen molar-refractivity contribution in [2.75, 3.05) is 46.9 Å². The van der Waals surface area contributed by atoms with Crippen molar-refractivity contribution in [3.05, 3.63) is 23.8 Å². The van der Waals surface area contributed by atoms with E-state index in [0.717, 1.165) is 18.5 Å². The molecule has 0 aromatic heterocycles. The first kappa shape index (κ1) is 20.3. The van der Waals surface area contributed by atoms with Crippen molar-refractivity contribution in [1.82, 2.24) is 5.32 Å². The molecular weight excluding hydrogens is 306 g/mol. The van der Waals surface area contributed by atoms with E-state index in [4.69, 9.17) is 9.47 Å². The number of ether oxygens (including phenoxy) is 2. The van der Waals surface area contributed by atoms with Gasteiger partial charge in [0.2, 0.25) is 0 Å². The van der Waals surface area contributed by atoms with Gasteiger partial charge in [0.1, 0.15) is 0 Å². The van der Waals surface area contributed by atoms with E-state index in [2.05, 4.69) is 24.5 Å². The van der Waals surface area contributed by atoms with Crippen LogP contribution in [0.25, 0.3) is 0 Å². The number of quaternary nitrogens is 2. The molecule has 0 heterocycles.